The smallest absolute Gasteiger partial charge is 0.118 e. The van der Waals surface area contributed by atoms with Gasteiger partial charge in [-0.05, 0) is 31.5 Å². The summed E-state index contributed by atoms with van der Waals surface area (Å²) in [5, 5.41) is 9.75. The quantitative estimate of drug-likeness (QED) is 0.767. The van der Waals surface area contributed by atoms with Gasteiger partial charge < -0.3 is 9.84 Å². The van der Waals surface area contributed by atoms with Crippen molar-refractivity contribution in [1.82, 2.24) is 0 Å². The predicted octanol–water partition coefficient (Wildman–Crippen LogP) is 2.52. The van der Waals surface area contributed by atoms with Gasteiger partial charge in [-0.1, -0.05) is 18.2 Å². The highest BCUT2D eigenvalue weighted by Gasteiger charge is 2.28. The van der Waals surface area contributed by atoms with Crippen LogP contribution in [0.25, 0.3) is 0 Å². The number of benzene rings is 1. The van der Waals surface area contributed by atoms with E-state index in [2.05, 4.69) is 6.58 Å². The highest BCUT2D eigenvalue weighted by atomic mass is 16.5. The molecule has 0 fully saturated rings. The first kappa shape index (κ1) is 11.8. The number of rotatable bonds is 4. The van der Waals surface area contributed by atoms with Crippen LogP contribution in [0.5, 0.6) is 5.75 Å². The van der Waals surface area contributed by atoms with Gasteiger partial charge in [-0.25, -0.2) is 0 Å². The van der Waals surface area contributed by atoms with Crippen LogP contribution in [0.1, 0.15) is 19.4 Å². The summed E-state index contributed by atoms with van der Waals surface area (Å²) in [7, 11) is 1.64. The third kappa shape index (κ3) is 2.21. The number of aliphatic hydroxyl groups is 1. The van der Waals surface area contributed by atoms with E-state index in [1.165, 1.54) is 0 Å². The number of aliphatic hydroxyl groups excluding tert-OH is 1. The lowest BCUT2D eigenvalue weighted by atomic mass is 9.78. The molecule has 82 valence electrons. The number of ether oxygens (including phenoxy) is 1. The normalized spacial score (nSPS) is 16.5. The van der Waals surface area contributed by atoms with Gasteiger partial charge in [0, 0.05) is 5.41 Å². The van der Waals surface area contributed by atoms with Crippen molar-refractivity contribution in [3.05, 3.63) is 42.5 Å². The second-order valence-electron chi connectivity index (χ2n) is 3.89. The van der Waals surface area contributed by atoms with E-state index in [0.717, 1.165) is 11.3 Å². The van der Waals surface area contributed by atoms with Crippen LogP contribution < -0.4 is 4.74 Å². The van der Waals surface area contributed by atoms with Crippen molar-refractivity contribution in [2.24, 2.45) is 0 Å². The molecule has 2 heteroatoms. The zero-order chi connectivity index (χ0) is 11.5. The van der Waals surface area contributed by atoms with Crippen LogP contribution in [0, 0.1) is 0 Å². The molecule has 1 aromatic carbocycles. The van der Waals surface area contributed by atoms with Crippen LogP contribution in [0.15, 0.2) is 36.9 Å². The Hall–Kier alpha value is -1.28. The highest BCUT2D eigenvalue weighted by Crippen LogP contribution is 2.30. The SMILES string of the molecule is C=C[C@@](C)(c1ccc(OC)cc1)[C@H](C)O. The van der Waals surface area contributed by atoms with Crippen molar-refractivity contribution < 1.29 is 9.84 Å². The molecule has 0 aromatic heterocycles. The lowest BCUT2D eigenvalue weighted by Gasteiger charge is -2.29. The maximum Gasteiger partial charge on any atom is 0.118 e. The van der Waals surface area contributed by atoms with Crippen LogP contribution in [-0.2, 0) is 5.41 Å². The van der Waals surface area contributed by atoms with Crippen LogP contribution >= 0.6 is 0 Å². The summed E-state index contributed by atoms with van der Waals surface area (Å²) in [5.41, 5.74) is 0.625. The lowest BCUT2D eigenvalue weighted by Crippen LogP contribution is -2.32. The Morgan fingerprint density at radius 1 is 1.40 bits per heavy atom. The van der Waals surface area contributed by atoms with Crippen LogP contribution in [0.4, 0.5) is 0 Å². The Morgan fingerprint density at radius 2 is 1.93 bits per heavy atom. The Morgan fingerprint density at radius 3 is 2.27 bits per heavy atom. The summed E-state index contributed by atoms with van der Waals surface area (Å²) >= 11 is 0. The molecule has 0 aliphatic heterocycles. The van der Waals surface area contributed by atoms with Crippen LogP contribution in [0.3, 0.4) is 0 Å². The van der Waals surface area contributed by atoms with Gasteiger partial charge in [0.15, 0.2) is 0 Å². The molecule has 1 rings (SSSR count). The maximum absolute atomic E-state index is 9.75. The number of hydrogen-bond acceptors (Lipinski definition) is 2. The molecule has 0 bridgehead atoms. The molecule has 0 spiro atoms. The van der Waals surface area contributed by atoms with E-state index in [1.807, 2.05) is 31.2 Å². The summed E-state index contributed by atoms with van der Waals surface area (Å²) < 4.78 is 5.09. The molecule has 1 N–H and O–H groups in total. The molecule has 0 unspecified atom stereocenters. The Kier molecular flexibility index (Phi) is 3.53. The molecule has 0 aliphatic rings. The summed E-state index contributed by atoms with van der Waals surface area (Å²) in [6.45, 7) is 7.52. The Bertz CT molecular complexity index is 327. The van der Waals surface area contributed by atoms with E-state index in [1.54, 1.807) is 20.1 Å². The van der Waals surface area contributed by atoms with Gasteiger partial charge in [0.1, 0.15) is 5.75 Å². The van der Waals surface area contributed by atoms with Crippen LogP contribution in [-0.4, -0.2) is 18.3 Å². The summed E-state index contributed by atoms with van der Waals surface area (Å²) in [6, 6.07) is 7.68. The molecule has 0 heterocycles. The Labute approximate surface area is 91.2 Å². The largest absolute Gasteiger partial charge is 0.497 e. The second kappa shape index (κ2) is 4.49. The van der Waals surface area contributed by atoms with E-state index in [4.69, 9.17) is 4.74 Å². The van der Waals surface area contributed by atoms with Gasteiger partial charge in [-0.15, -0.1) is 6.58 Å². The Balaban J connectivity index is 3.08. The molecule has 0 amide bonds. The standard InChI is InChI=1S/C13H18O2/c1-5-13(3,10(2)14)11-6-8-12(15-4)9-7-11/h5-10,14H,1H2,2-4H3/t10-,13+/m0/s1. The zero-order valence-corrected chi connectivity index (χ0v) is 9.53. The molecular weight excluding hydrogens is 188 g/mol. The summed E-state index contributed by atoms with van der Waals surface area (Å²) in [5.74, 6) is 0.816. The van der Waals surface area contributed by atoms with Gasteiger partial charge in [-0.3, -0.25) is 0 Å². The first-order chi connectivity index (χ1) is 7.04. The highest BCUT2D eigenvalue weighted by molar-refractivity contribution is 5.35. The van der Waals surface area contributed by atoms with Gasteiger partial charge in [0.2, 0.25) is 0 Å². The average molecular weight is 206 g/mol. The van der Waals surface area contributed by atoms with Gasteiger partial charge in [0.05, 0.1) is 13.2 Å². The topological polar surface area (TPSA) is 29.5 Å². The molecule has 0 aliphatic carbocycles. The van der Waals surface area contributed by atoms with E-state index >= 15 is 0 Å². The fourth-order valence-corrected chi connectivity index (χ4v) is 1.48. The fourth-order valence-electron chi connectivity index (χ4n) is 1.48. The fraction of sp³-hybridized carbons (Fsp3) is 0.385. The van der Waals surface area contributed by atoms with Crippen molar-refractivity contribution in [1.29, 1.82) is 0 Å². The van der Waals surface area contributed by atoms with Crippen molar-refractivity contribution in [3.63, 3.8) is 0 Å². The molecule has 0 saturated carbocycles. The van der Waals surface area contributed by atoms with E-state index in [0.29, 0.717) is 0 Å². The maximum atomic E-state index is 9.75. The summed E-state index contributed by atoms with van der Waals surface area (Å²) in [6.07, 6.45) is 1.31. The number of methoxy groups -OCH3 is 1. The average Bonchev–Trinajstić information content (AvgIpc) is 2.28. The first-order valence-corrected chi connectivity index (χ1v) is 5.00. The minimum Gasteiger partial charge on any atom is -0.497 e. The van der Waals surface area contributed by atoms with Crippen molar-refractivity contribution >= 4 is 0 Å². The summed E-state index contributed by atoms with van der Waals surface area (Å²) in [4.78, 5) is 0. The van der Waals surface area contributed by atoms with Gasteiger partial charge in [-0.2, -0.15) is 0 Å². The first-order valence-electron chi connectivity index (χ1n) is 5.00. The van der Waals surface area contributed by atoms with E-state index < -0.39 is 11.5 Å². The van der Waals surface area contributed by atoms with E-state index in [9.17, 15) is 5.11 Å². The molecule has 1 aromatic rings. The molecule has 15 heavy (non-hydrogen) atoms. The van der Waals surface area contributed by atoms with E-state index in [-0.39, 0.29) is 0 Å². The third-order valence-electron chi connectivity index (χ3n) is 3.00. The van der Waals surface area contributed by atoms with Crippen molar-refractivity contribution in [2.45, 2.75) is 25.4 Å². The zero-order valence-electron chi connectivity index (χ0n) is 9.53. The lowest BCUT2D eigenvalue weighted by molar-refractivity contribution is 0.133. The molecule has 0 radical (unpaired) electrons. The van der Waals surface area contributed by atoms with Gasteiger partial charge >= 0.3 is 0 Å². The molecule has 2 nitrogen and oxygen atoms in total. The van der Waals surface area contributed by atoms with Crippen LogP contribution in [0.2, 0.25) is 0 Å². The predicted molar refractivity (Wildman–Crippen MR) is 62.2 cm³/mol. The van der Waals surface area contributed by atoms with Crippen molar-refractivity contribution in [3.8, 4) is 5.75 Å². The minimum atomic E-state index is -0.469. The molecular formula is C13H18O2. The minimum absolute atomic E-state index is 0.410. The molecule has 0 saturated heterocycles. The monoisotopic (exact) mass is 206 g/mol. The molecule has 2 atom stereocenters. The number of hydrogen-bond donors (Lipinski definition) is 1. The second-order valence-corrected chi connectivity index (χ2v) is 3.89. The third-order valence-corrected chi connectivity index (χ3v) is 3.00. The van der Waals surface area contributed by atoms with Gasteiger partial charge in [0.25, 0.3) is 0 Å². The van der Waals surface area contributed by atoms with Crippen molar-refractivity contribution in [2.75, 3.05) is 7.11 Å².